The number of carbonyl (C=O) groups excluding carboxylic acids is 1. The van der Waals surface area contributed by atoms with Crippen molar-refractivity contribution in [3.63, 3.8) is 0 Å². The molecule has 1 heterocycles. The summed E-state index contributed by atoms with van der Waals surface area (Å²) < 4.78 is 0. The van der Waals surface area contributed by atoms with Crippen molar-refractivity contribution in [3.05, 3.63) is 0 Å². The molecule has 5 nitrogen and oxygen atoms in total. The van der Waals surface area contributed by atoms with Gasteiger partial charge in [0.05, 0.1) is 0 Å². The molecule has 6 heteroatoms. The third-order valence-electron chi connectivity index (χ3n) is 1.36. The Morgan fingerprint density at radius 2 is 2.08 bits per heavy atom. The third-order valence-corrected chi connectivity index (χ3v) is 1.36. The van der Waals surface area contributed by atoms with Crippen LogP contribution in [0.1, 0.15) is 12.8 Å². The normalized spacial score (nSPS) is 20.9. The molecule has 1 aliphatic rings. The number of rotatable bonds is 1. The zero-order valence-electron chi connectivity index (χ0n) is 6.42. The molecule has 1 rings (SSSR count). The van der Waals surface area contributed by atoms with E-state index >= 15 is 0 Å². The minimum Gasteiger partial charge on any atom is -0.480 e. The minimum atomic E-state index is -0.861. The Morgan fingerprint density at radius 1 is 1.58 bits per heavy atom. The average molecular weight is 195 g/mol. The summed E-state index contributed by atoms with van der Waals surface area (Å²) in [6.45, 7) is 0.858. The van der Waals surface area contributed by atoms with Crippen molar-refractivity contribution in [3.8, 4) is 0 Å². The molecule has 1 aliphatic heterocycles. The Hall–Kier alpha value is -0.810. The maximum atomic E-state index is 10.1. The fourth-order valence-corrected chi connectivity index (χ4v) is 0.895. The van der Waals surface area contributed by atoms with Crippen molar-refractivity contribution in [2.45, 2.75) is 18.9 Å². The second-order valence-electron chi connectivity index (χ2n) is 2.29. The van der Waals surface area contributed by atoms with Gasteiger partial charge in [-0.05, 0) is 31.0 Å². The maximum absolute atomic E-state index is 10.1. The van der Waals surface area contributed by atoms with E-state index in [1.165, 1.54) is 0 Å². The molecular weight excluding hydrogens is 184 g/mol. The van der Waals surface area contributed by atoms with Crippen LogP contribution in [0.25, 0.3) is 0 Å². The van der Waals surface area contributed by atoms with Gasteiger partial charge in [-0.3, -0.25) is 9.59 Å². The molecule has 0 aromatic carbocycles. The van der Waals surface area contributed by atoms with E-state index in [0.717, 1.165) is 19.4 Å². The van der Waals surface area contributed by atoms with Gasteiger partial charge >= 0.3 is 11.3 Å². The topological polar surface area (TPSA) is 92.4 Å². The lowest BCUT2D eigenvalue weighted by Gasteiger charge is -1.99. The molecule has 0 bridgehead atoms. The van der Waals surface area contributed by atoms with Gasteiger partial charge in [0.15, 0.2) is 0 Å². The highest BCUT2D eigenvalue weighted by atomic mass is 35.5. The van der Waals surface area contributed by atoms with E-state index in [1.54, 1.807) is 0 Å². The Kier molecular flexibility index (Phi) is 5.40. The van der Waals surface area contributed by atoms with Crippen LogP contribution in [-0.2, 0) is 4.79 Å². The SMILES string of the molecule is NC(=O)Cl.O=C(O)[C@@H]1CCCN1. The van der Waals surface area contributed by atoms with Crippen molar-refractivity contribution in [2.24, 2.45) is 5.73 Å². The summed E-state index contributed by atoms with van der Waals surface area (Å²) in [6.07, 6.45) is 1.78. The number of nitrogens with one attached hydrogen (secondary N) is 1. The monoisotopic (exact) mass is 194 g/mol. The van der Waals surface area contributed by atoms with Gasteiger partial charge in [-0.15, -0.1) is 0 Å². The standard InChI is InChI=1S/C5H9NO2.CH2ClNO/c7-5(8)4-2-1-3-6-4;2-1(3)4/h4,6H,1-3H2,(H,7,8);(H2,3,4)/t4-;/m0./s1. The van der Waals surface area contributed by atoms with Gasteiger partial charge in [0.1, 0.15) is 6.04 Å². The van der Waals surface area contributed by atoms with Crippen LogP contribution in [0.2, 0.25) is 0 Å². The fraction of sp³-hybridized carbons (Fsp3) is 0.667. The summed E-state index contributed by atoms with van der Waals surface area (Å²) in [4.78, 5) is 19.1. The number of carboxylic acids is 1. The molecule has 0 aromatic rings. The molecule has 0 saturated carbocycles. The molecule has 4 N–H and O–H groups in total. The van der Waals surface area contributed by atoms with Crippen molar-refractivity contribution in [1.82, 2.24) is 5.32 Å². The van der Waals surface area contributed by atoms with Crippen LogP contribution < -0.4 is 11.1 Å². The molecule has 12 heavy (non-hydrogen) atoms. The van der Waals surface area contributed by atoms with Gasteiger partial charge in [0, 0.05) is 0 Å². The molecule has 0 unspecified atom stereocenters. The first kappa shape index (κ1) is 11.2. The van der Waals surface area contributed by atoms with E-state index < -0.39 is 11.3 Å². The van der Waals surface area contributed by atoms with E-state index in [2.05, 4.69) is 22.7 Å². The first-order valence-corrected chi connectivity index (χ1v) is 3.83. The van der Waals surface area contributed by atoms with Crippen LogP contribution in [0.15, 0.2) is 0 Å². The van der Waals surface area contributed by atoms with Crippen molar-refractivity contribution < 1.29 is 14.7 Å². The van der Waals surface area contributed by atoms with Crippen molar-refractivity contribution in [1.29, 1.82) is 0 Å². The second kappa shape index (κ2) is 5.79. The van der Waals surface area contributed by atoms with E-state index in [1.807, 2.05) is 0 Å². The number of hydrogen-bond acceptors (Lipinski definition) is 3. The molecule has 1 atom stereocenters. The van der Waals surface area contributed by atoms with Gasteiger partial charge in [0.25, 0.3) is 0 Å². The van der Waals surface area contributed by atoms with E-state index in [0.29, 0.717) is 0 Å². The molecular formula is C6H11ClN2O3. The van der Waals surface area contributed by atoms with Crippen molar-refractivity contribution in [2.75, 3.05) is 6.54 Å². The highest BCUT2D eigenvalue weighted by molar-refractivity contribution is 6.62. The molecule has 0 spiro atoms. The smallest absolute Gasteiger partial charge is 0.320 e. The number of halogens is 1. The highest BCUT2D eigenvalue weighted by Gasteiger charge is 2.20. The van der Waals surface area contributed by atoms with Gasteiger partial charge < -0.3 is 16.2 Å². The third kappa shape index (κ3) is 5.94. The van der Waals surface area contributed by atoms with Crippen LogP contribution in [0, 0.1) is 0 Å². The molecule has 1 amide bonds. The van der Waals surface area contributed by atoms with Crippen LogP contribution in [0.4, 0.5) is 4.79 Å². The van der Waals surface area contributed by atoms with E-state index in [4.69, 9.17) is 9.90 Å². The van der Waals surface area contributed by atoms with Gasteiger partial charge in [-0.25, -0.2) is 0 Å². The van der Waals surface area contributed by atoms with Crippen LogP contribution in [0.5, 0.6) is 0 Å². The number of aliphatic carboxylic acids is 1. The summed E-state index contributed by atoms with van der Waals surface area (Å²) in [5, 5.41) is 10.3. The zero-order chi connectivity index (χ0) is 9.56. The predicted octanol–water partition coefficient (Wildman–Crippen LogP) is 0.127. The van der Waals surface area contributed by atoms with Gasteiger partial charge in [-0.1, -0.05) is 0 Å². The Labute approximate surface area is 74.9 Å². The number of hydrogen-bond donors (Lipinski definition) is 3. The van der Waals surface area contributed by atoms with Crippen LogP contribution in [-0.4, -0.2) is 29.0 Å². The lowest BCUT2D eigenvalue weighted by molar-refractivity contribution is -0.139. The quantitative estimate of drug-likeness (QED) is 0.409. The Bertz CT molecular complexity index is 164. The summed E-state index contributed by atoms with van der Waals surface area (Å²) in [5.74, 6) is -0.720. The Morgan fingerprint density at radius 3 is 2.25 bits per heavy atom. The Balaban J connectivity index is 0.000000261. The molecule has 70 valence electrons. The van der Waals surface area contributed by atoms with Crippen molar-refractivity contribution >= 4 is 22.9 Å². The summed E-state index contributed by atoms with van der Waals surface area (Å²) in [5.41, 5.74) is 4.24. The number of nitrogens with two attached hydrogens (primary N) is 1. The fourth-order valence-electron chi connectivity index (χ4n) is 0.895. The lowest BCUT2D eigenvalue weighted by atomic mass is 10.2. The predicted molar refractivity (Wildman–Crippen MR) is 44.1 cm³/mol. The molecule has 0 aromatic heterocycles. The first-order chi connectivity index (χ1) is 5.54. The van der Waals surface area contributed by atoms with Crippen LogP contribution in [0.3, 0.4) is 0 Å². The van der Waals surface area contributed by atoms with Gasteiger partial charge in [-0.2, -0.15) is 0 Å². The van der Waals surface area contributed by atoms with Crippen LogP contribution >= 0.6 is 11.6 Å². The first-order valence-electron chi connectivity index (χ1n) is 3.45. The number of carboxylic acid groups (broad SMARTS) is 1. The number of carbonyl (C=O) groups is 2. The largest absolute Gasteiger partial charge is 0.480 e. The van der Waals surface area contributed by atoms with E-state index in [-0.39, 0.29) is 6.04 Å². The zero-order valence-corrected chi connectivity index (χ0v) is 7.17. The van der Waals surface area contributed by atoms with E-state index in [9.17, 15) is 4.79 Å². The molecule has 1 fully saturated rings. The summed E-state index contributed by atoms with van der Waals surface area (Å²) in [7, 11) is 0. The molecule has 0 radical (unpaired) electrons. The molecule has 0 aliphatic carbocycles. The number of primary amides is 1. The lowest BCUT2D eigenvalue weighted by Crippen LogP contribution is -2.29. The number of amides is 1. The molecule has 1 saturated heterocycles. The second-order valence-corrected chi connectivity index (χ2v) is 2.66. The summed E-state index contributed by atoms with van der Waals surface area (Å²) >= 11 is 4.41. The minimum absolute atomic E-state index is 0.269. The average Bonchev–Trinajstić information content (AvgIpc) is 2.34. The van der Waals surface area contributed by atoms with Gasteiger partial charge in [0.2, 0.25) is 0 Å². The highest BCUT2D eigenvalue weighted by Crippen LogP contribution is 2.03. The maximum Gasteiger partial charge on any atom is 0.320 e. The summed E-state index contributed by atoms with van der Waals surface area (Å²) in [6, 6.07) is -0.269.